The van der Waals surface area contributed by atoms with Crippen LogP contribution in [0.25, 0.3) is 0 Å². The maximum absolute atomic E-state index is 12.2. The van der Waals surface area contributed by atoms with Crippen molar-refractivity contribution >= 4 is 29.2 Å². The van der Waals surface area contributed by atoms with E-state index < -0.39 is 5.97 Å². The number of nitrogen functional groups attached to an aromatic ring is 1. The predicted molar refractivity (Wildman–Crippen MR) is 77.2 cm³/mol. The van der Waals surface area contributed by atoms with E-state index in [4.69, 9.17) is 22.4 Å². The van der Waals surface area contributed by atoms with Crippen LogP contribution >= 0.6 is 11.6 Å². The molecule has 1 atom stereocenters. The number of aromatic nitrogens is 2. The number of nitrogens with two attached hydrogens (primary N) is 1. The van der Waals surface area contributed by atoms with Gasteiger partial charge in [0.1, 0.15) is 22.9 Å². The maximum atomic E-state index is 12.2. The Balaban J connectivity index is 1.99. The lowest BCUT2D eigenvalue weighted by Gasteiger charge is -2.31. The summed E-state index contributed by atoms with van der Waals surface area (Å²) < 4.78 is 0. The van der Waals surface area contributed by atoms with E-state index in [9.17, 15) is 9.59 Å². The van der Waals surface area contributed by atoms with Gasteiger partial charge in [0.15, 0.2) is 5.78 Å². The monoisotopic (exact) mass is 312 g/mol. The second-order valence-electron chi connectivity index (χ2n) is 5.19. The molecule has 1 aliphatic rings. The predicted octanol–water partition coefficient (Wildman–Crippen LogP) is 1.08. The van der Waals surface area contributed by atoms with Crippen molar-refractivity contribution in [1.29, 1.82) is 0 Å². The lowest BCUT2D eigenvalue weighted by molar-refractivity contribution is -0.138. The van der Waals surface area contributed by atoms with Gasteiger partial charge < -0.3 is 10.8 Å². The molecule has 114 valence electrons. The Bertz CT molecular complexity index is 552. The summed E-state index contributed by atoms with van der Waals surface area (Å²) >= 11 is 5.94. The van der Waals surface area contributed by atoms with Crippen LogP contribution in [0, 0.1) is 5.92 Å². The molecule has 0 spiro atoms. The lowest BCUT2D eigenvalue weighted by Crippen LogP contribution is -2.39. The van der Waals surface area contributed by atoms with Crippen LogP contribution in [0.3, 0.4) is 0 Å². The molecule has 1 aliphatic heterocycles. The molecule has 8 heteroatoms. The minimum atomic E-state index is -0.853. The van der Waals surface area contributed by atoms with Crippen molar-refractivity contribution in [2.24, 2.45) is 5.92 Å². The van der Waals surface area contributed by atoms with Crippen LogP contribution in [0.15, 0.2) is 6.33 Å². The van der Waals surface area contributed by atoms with Crippen molar-refractivity contribution in [3.05, 3.63) is 17.0 Å². The Kier molecular flexibility index (Phi) is 5.08. The van der Waals surface area contributed by atoms with Gasteiger partial charge in [0.05, 0.1) is 6.54 Å². The van der Waals surface area contributed by atoms with Gasteiger partial charge in [0.2, 0.25) is 0 Å². The highest BCUT2D eigenvalue weighted by molar-refractivity contribution is 6.35. The van der Waals surface area contributed by atoms with Crippen LogP contribution in [-0.2, 0) is 4.79 Å². The number of piperidine rings is 1. The third kappa shape index (κ3) is 4.12. The molecule has 2 rings (SSSR count). The summed E-state index contributed by atoms with van der Waals surface area (Å²) in [5.74, 6) is -0.839. The summed E-state index contributed by atoms with van der Waals surface area (Å²) in [6.07, 6.45) is 3.27. The maximum Gasteiger partial charge on any atom is 0.317 e. The number of anilines is 1. The molecule has 1 aromatic heterocycles. The second kappa shape index (κ2) is 6.82. The molecule has 3 N–H and O–H groups in total. The van der Waals surface area contributed by atoms with Crippen molar-refractivity contribution in [3.8, 4) is 0 Å². The molecule has 0 aliphatic carbocycles. The highest BCUT2D eigenvalue weighted by atomic mass is 35.5. The van der Waals surface area contributed by atoms with Crippen LogP contribution in [0.4, 0.5) is 5.82 Å². The Morgan fingerprint density at radius 2 is 2.24 bits per heavy atom. The number of aliphatic carboxylic acids is 1. The number of carboxylic acids is 1. The fourth-order valence-electron chi connectivity index (χ4n) is 2.59. The van der Waals surface area contributed by atoms with Gasteiger partial charge in [0.25, 0.3) is 0 Å². The van der Waals surface area contributed by atoms with Crippen LogP contribution in [0.1, 0.15) is 29.8 Å². The highest BCUT2D eigenvalue weighted by Crippen LogP contribution is 2.25. The number of carboxylic acid groups (broad SMARTS) is 1. The molecule has 1 unspecified atom stereocenters. The van der Waals surface area contributed by atoms with E-state index >= 15 is 0 Å². The number of rotatable bonds is 5. The summed E-state index contributed by atoms with van der Waals surface area (Å²) in [7, 11) is 0. The fourth-order valence-corrected chi connectivity index (χ4v) is 2.79. The third-order valence-electron chi connectivity index (χ3n) is 3.52. The molecule has 1 fully saturated rings. The first kappa shape index (κ1) is 15.7. The number of carbonyl (C=O) groups is 2. The summed E-state index contributed by atoms with van der Waals surface area (Å²) in [6.45, 7) is 1.35. The summed E-state index contributed by atoms with van der Waals surface area (Å²) in [6, 6.07) is 0. The zero-order valence-electron chi connectivity index (χ0n) is 11.5. The zero-order chi connectivity index (χ0) is 15.4. The Morgan fingerprint density at radius 1 is 1.48 bits per heavy atom. The van der Waals surface area contributed by atoms with Gasteiger partial charge in [0, 0.05) is 13.0 Å². The standard InChI is InChI=1S/C13H17ClN4O3/c14-11-12(16-7-17-13(11)15)9(19)4-8-2-1-3-18(5-8)6-10(20)21/h7-8H,1-6H2,(H,20,21)(H2,15,16,17). The normalized spacial score (nSPS) is 19.4. The molecule has 2 heterocycles. The average Bonchev–Trinajstić information content (AvgIpc) is 2.41. The Hall–Kier alpha value is -1.73. The van der Waals surface area contributed by atoms with Crippen LogP contribution < -0.4 is 5.73 Å². The van der Waals surface area contributed by atoms with E-state index in [1.54, 1.807) is 0 Å². The molecule has 1 aromatic rings. The first-order chi connectivity index (χ1) is 9.97. The van der Waals surface area contributed by atoms with E-state index in [-0.39, 0.29) is 41.2 Å². The van der Waals surface area contributed by atoms with Gasteiger partial charge in [-0.2, -0.15) is 0 Å². The quantitative estimate of drug-likeness (QED) is 0.783. The number of ketones is 1. The molecule has 0 bridgehead atoms. The van der Waals surface area contributed by atoms with Gasteiger partial charge in [-0.3, -0.25) is 14.5 Å². The van der Waals surface area contributed by atoms with Crippen molar-refractivity contribution in [2.75, 3.05) is 25.4 Å². The molecule has 7 nitrogen and oxygen atoms in total. The molecular formula is C13H17ClN4O3. The van der Waals surface area contributed by atoms with Crippen molar-refractivity contribution in [2.45, 2.75) is 19.3 Å². The largest absolute Gasteiger partial charge is 0.480 e. The molecule has 0 saturated carbocycles. The van der Waals surface area contributed by atoms with Gasteiger partial charge in [-0.15, -0.1) is 0 Å². The van der Waals surface area contributed by atoms with E-state index in [0.29, 0.717) is 6.54 Å². The first-order valence-corrected chi connectivity index (χ1v) is 7.08. The minimum Gasteiger partial charge on any atom is -0.480 e. The molecule has 0 aromatic carbocycles. The number of halogens is 1. The number of hydrogen-bond donors (Lipinski definition) is 2. The highest BCUT2D eigenvalue weighted by Gasteiger charge is 2.25. The van der Waals surface area contributed by atoms with E-state index in [1.807, 2.05) is 4.90 Å². The number of hydrogen-bond acceptors (Lipinski definition) is 6. The zero-order valence-corrected chi connectivity index (χ0v) is 12.2. The molecular weight excluding hydrogens is 296 g/mol. The smallest absolute Gasteiger partial charge is 0.317 e. The third-order valence-corrected chi connectivity index (χ3v) is 3.89. The van der Waals surface area contributed by atoms with Crippen molar-refractivity contribution < 1.29 is 14.7 Å². The van der Waals surface area contributed by atoms with Gasteiger partial charge >= 0.3 is 5.97 Å². The summed E-state index contributed by atoms with van der Waals surface area (Å²) in [5.41, 5.74) is 5.70. The summed E-state index contributed by atoms with van der Waals surface area (Å²) in [4.78, 5) is 32.5. The number of Topliss-reactive ketones (excluding diaryl/α,β-unsaturated/α-hetero) is 1. The van der Waals surface area contributed by atoms with Gasteiger partial charge in [-0.1, -0.05) is 11.6 Å². The Labute approximate surface area is 127 Å². The van der Waals surface area contributed by atoms with Crippen molar-refractivity contribution in [3.63, 3.8) is 0 Å². The van der Waals surface area contributed by atoms with Crippen LogP contribution in [0.2, 0.25) is 5.02 Å². The lowest BCUT2D eigenvalue weighted by atomic mass is 9.92. The molecule has 0 amide bonds. The van der Waals surface area contributed by atoms with E-state index in [1.165, 1.54) is 6.33 Å². The average molecular weight is 313 g/mol. The number of likely N-dealkylation sites (tertiary alicyclic amines) is 1. The molecule has 1 saturated heterocycles. The number of nitrogens with zero attached hydrogens (tertiary/aromatic N) is 3. The molecule has 21 heavy (non-hydrogen) atoms. The Morgan fingerprint density at radius 3 is 2.95 bits per heavy atom. The van der Waals surface area contributed by atoms with Crippen LogP contribution in [0.5, 0.6) is 0 Å². The van der Waals surface area contributed by atoms with Crippen LogP contribution in [-0.4, -0.2) is 51.4 Å². The van der Waals surface area contributed by atoms with Gasteiger partial charge in [-0.05, 0) is 25.3 Å². The second-order valence-corrected chi connectivity index (χ2v) is 5.56. The van der Waals surface area contributed by atoms with Gasteiger partial charge in [-0.25, -0.2) is 9.97 Å². The minimum absolute atomic E-state index is 0.00585. The SMILES string of the molecule is Nc1ncnc(C(=O)CC2CCCN(CC(=O)O)C2)c1Cl. The fraction of sp³-hybridized carbons (Fsp3) is 0.538. The van der Waals surface area contributed by atoms with E-state index in [2.05, 4.69) is 9.97 Å². The number of carbonyl (C=O) groups excluding carboxylic acids is 1. The topological polar surface area (TPSA) is 109 Å². The first-order valence-electron chi connectivity index (χ1n) is 6.70. The summed E-state index contributed by atoms with van der Waals surface area (Å²) in [5, 5.41) is 8.91. The van der Waals surface area contributed by atoms with Crippen molar-refractivity contribution in [1.82, 2.24) is 14.9 Å². The van der Waals surface area contributed by atoms with E-state index in [0.717, 1.165) is 19.4 Å². The molecule has 0 radical (unpaired) electrons.